The minimum absolute atomic E-state index is 0.0415. The van der Waals surface area contributed by atoms with E-state index in [1.54, 1.807) is 12.4 Å². The lowest BCUT2D eigenvalue weighted by molar-refractivity contribution is 0.231. The van der Waals surface area contributed by atoms with E-state index in [0.717, 1.165) is 25.2 Å². The summed E-state index contributed by atoms with van der Waals surface area (Å²) in [5.74, 6) is 0.436. The second-order valence-corrected chi connectivity index (χ2v) is 6.88. The van der Waals surface area contributed by atoms with E-state index in [1.807, 2.05) is 25.1 Å². The normalized spacial score (nSPS) is 21.7. The number of aromatic nitrogens is 1. The molecule has 0 saturated carbocycles. The van der Waals surface area contributed by atoms with Crippen LogP contribution in [0.5, 0.6) is 0 Å². The summed E-state index contributed by atoms with van der Waals surface area (Å²) in [6.07, 6.45) is 3.48. The van der Waals surface area contributed by atoms with Gasteiger partial charge in [0.15, 0.2) is 0 Å². The summed E-state index contributed by atoms with van der Waals surface area (Å²) in [6, 6.07) is 14.3. The number of amides is 2. The van der Waals surface area contributed by atoms with Crippen LogP contribution < -0.4 is 10.6 Å². The van der Waals surface area contributed by atoms with Crippen LogP contribution in [0.25, 0.3) is 0 Å². The number of nitrogens with one attached hydrogen (secondary N) is 2. The Bertz CT molecular complexity index is 677. The molecule has 3 atom stereocenters. The maximum absolute atomic E-state index is 12.3. The maximum Gasteiger partial charge on any atom is 0.315 e. The Balaban J connectivity index is 1.50. The van der Waals surface area contributed by atoms with Crippen molar-refractivity contribution < 1.29 is 4.79 Å². The number of pyridine rings is 1. The summed E-state index contributed by atoms with van der Waals surface area (Å²) in [6.45, 7) is 6.99. The van der Waals surface area contributed by atoms with E-state index in [2.05, 4.69) is 51.7 Å². The van der Waals surface area contributed by atoms with Gasteiger partial charge in [-0.1, -0.05) is 37.3 Å². The van der Waals surface area contributed by atoms with Gasteiger partial charge in [-0.25, -0.2) is 4.79 Å². The van der Waals surface area contributed by atoms with Gasteiger partial charge >= 0.3 is 6.03 Å². The SMILES string of the molecule is CC(NC(=O)NC1CN(Cc2ccccc2)CC1C)c1ccncc1. The smallest absolute Gasteiger partial charge is 0.315 e. The van der Waals surface area contributed by atoms with Gasteiger partial charge in [-0.2, -0.15) is 0 Å². The molecule has 1 fully saturated rings. The Kier molecular flexibility index (Phi) is 5.66. The van der Waals surface area contributed by atoms with Crippen LogP contribution in [0.2, 0.25) is 0 Å². The van der Waals surface area contributed by atoms with Gasteiger partial charge in [-0.05, 0) is 36.1 Å². The van der Waals surface area contributed by atoms with Gasteiger partial charge in [0.2, 0.25) is 0 Å². The van der Waals surface area contributed by atoms with Crippen LogP contribution >= 0.6 is 0 Å². The molecule has 2 amide bonds. The molecule has 1 aliphatic heterocycles. The molecule has 2 N–H and O–H groups in total. The molecule has 3 unspecified atom stereocenters. The Labute approximate surface area is 149 Å². The van der Waals surface area contributed by atoms with Crippen LogP contribution in [0.4, 0.5) is 4.79 Å². The van der Waals surface area contributed by atoms with Gasteiger partial charge in [0.25, 0.3) is 0 Å². The molecule has 1 aliphatic rings. The van der Waals surface area contributed by atoms with Crippen molar-refractivity contribution in [1.29, 1.82) is 0 Å². The van der Waals surface area contributed by atoms with Gasteiger partial charge in [0.1, 0.15) is 0 Å². The minimum Gasteiger partial charge on any atom is -0.334 e. The predicted octanol–water partition coefficient (Wildman–Crippen LogP) is 2.96. The molecule has 0 aliphatic carbocycles. The fourth-order valence-corrected chi connectivity index (χ4v) is 3.37. The molecule has 1 saturated heterocycles. The van der Waals surface area contributed by atoms with E-state index in [-0.39, 0.29) is 18.1 Å². The molecule has 132 valence electrons. The number of hydrogen-bond acceptors (Lipinski definition) is 3. The molecule has 0 bridgehead atoms. The van der Waals surface area contributed by atoms with Crippen LogP contribution in [-0.2, 0) is 6.54 Å². The van der Waals surface area contributed by atoms with Gasteiger partial charge in [0, 0.05) is 38.1 Å². The van der Waals surface area contributed by atoms with Crippen LogP contribution in [0.3, 0.4) is 0 Å². The van der Waals surface area contributed by atoms with E-state index < -0.39 is 0 Å². The van der Waals surface area contributed by atoms with E-state index in [4.69, 9.17) is 0 Å². The molecule has 2 heterocycles. The first kappa shape index (κ1) is 17.4. The second-order valence-electron chi connectivity index (χ2n) is 6.88. The molecule has 25 heavy (non-hydrogen) atoms. The summed E-state index contributed by atoms with van der Waals surface area (Å²) in [7, 11) is 0. The third-order valence-electron chi connectivity index (χ3n) is 4.81. The molecule has 0 radical (unpaired) electrons. The molecule has 2 aromatic rings. The Morgan fingerprint density at radius 3 is 2.64 bits per heavy atom. The Hall–Kier alpha value is -2.40. The zero-order chi connectivity index (χ0) is 17.6. The summed E-state index contributed by atoms with van der Waals surface area (Å²) < 4.78 is 0. The highest BCUT2D eigenvalue weighted by Gasteiger charge is 2.30. The zero-order valence-corrected chi connectivity index (χ0v) is 14.9. The van der Waals surface area contributed by atoms with E-state index in [9.17, 15) is 4.79 Å². The topological polar surface area (TPSA) is 57.3 Å². The summed E-state index contributed by atoms with van der Waals surface area (Å²) in [4.78, 5) is 18.7. The summed E-state index contributed by atoms with van der Waals surface area (Å²) in [5, 5.41) is 6.15. The van der Waals surface area contributed by atoms with Crippen molar-refractivity contribution >= 4 is 6.03 Å². The average Bonchev–Trinajstić information content (AvgIpc) is 2.95. The van der Waals surface area contributed by atoms with Gasteiger partial charge in [-0.15, -0.1) is 0 Å². The lowest BCUT2D eigenvalue weighted by Crippen LogP contribution is -2.46. The molecule has 1 aromatic heterocycles. The highest BCUT2D eigenvalue weighted by Crippen LogP contribution is 2.19. The number of carbonyl (C=O) groups is 1. The second kappa shape index (κ2) is 8.12. The Morgan fingerprint density at radius 2 is 1.92 bits per heavy atom. The average molecular weight is 338 g/mol. The van der Waals surface area contributed by atoms with Crippen molar-refractivity contribution in [2.45, 2.75) is 32.5 Å². The highest BCUT2D eigenvalue weighted by molar-refractivity contribution is 5.74. The Morgan fingerprint density at radius 1 is 1.20 bits per heavy atom. The largest absolute Gasteiger partial charge is 0.334 e. The van der Waals surface area contributed by atoms with E-state index >= 15 is 0 Å². The van der Waals surface area contributed by atoms with E-state index in [0.29, 0.717) is 5.92 Å². The first-order chi connectivity index (χ1) is 12.1. The number of nitrogens with zero attached hydrogens (tertiary/aromatic N) is 2. The number of hydrogen-bond donors (Lipinski definition) is 2. The standard InChI is InChI=1S/C20H26N4O/c1-15-12-24(13-17-6-4-3-5-7-17)14-19(15)23-20(25)22-16(2)18-8-10-21-11-9-18/h3-11,15-16,19H,12-14H2,1-2H3,(H2,22,23,25). The molecule has 3 rings (SSSR count). The van der Waals surface area contributed by atoms with Gasteiger partial charge in [0.05, 0.1) is 6.04 Å². The van der Waals surface area contributed by atoms with Crippen LogP contribution in [0.1, 0.15) is 31.0 Å². The molecular formula is C20H26N4O. The van der Waals surface area contributed by atoms with Crippen LogP contribution in [-0.4, -0.2) is 35.0 Å². The van der Waals surface area contributed by atoms with Crippen LogP contribution in [0, 0.1) is 5.92 Å². The van der Waals surface area contributed by atoms with Gasteiger partial charge < -0.3 is 10.6 Å². The number of benzene rings is 1. The molecule has 5 heteroatoms. The highest BCUT2D eigenvalue weighted by atomic mass is 16.2. The first-order valence-corrected chi connectivity index (χ1v) is 8.85. The minimum atomic E-state index is -0.109. The fraction of sp³-hybridized carbons (Fsp3) is 0.400. The monoisotopic (exact) mass is 338 g/mol. The van der Waals surface area contributed by atoms with Crippen LogP contribution in [0.15, 0.2) is 54.9 Å². The van der Waals surface area contributed by atoms with Crippen molar-refractivity contribution in [1.82, 2.24) is 20.5 Å². The molecule has 5 nitrogen and oxygen atoms in total. The van der Waals surface area contributed by atoms with Crippen molar-refractivity contribution in [3.63, 3.8) is 0 Å². The lowest BCUT2D eigenvalue weighted by atomic mass is 10.1. The third kappa shape index (κ3) is 4.79. The van der Waals surface area contributed by atoms with Gasteiger partial charge in [-0.3, -0.25) is 9.88 Å². The fourth-order valence-electron chi connectivity index (χ4n) is 3.37. The predicted molar refractivity (Wildman–Crippen MR) is 99.0 cm³/mol. The molecule has 1 aromatic carbocycles. The third-order valence-corrected chi connectivity index (χ3v) is 4.81. The van der Waals surface area contributed by atoms with Crippen molar-refractivity contribution in [3.8, 4) is 0 Å². The summed E-state index contributed by atoms with van der Waals surface area (Å²) in [5.41, 5.74) is 2.36. The summed E-state index contributed by atoms with van der Waals surface area (Å²) >= 11 is 0. The quantitative estimate of drug-likeness (QED) is 0.881. The number of likely N-dealkylation sites (tertiary alicyclic amines) is 1. The number of urea groups is 1. The molecule has 0 spiro atoms. The van der Waals surface area contributed by atoms with E-state index in [1.165, 1.54) is 5.56 Å². The van der Waals surface area contributed by atoms with Crippen molar-refractivity contribution in [2.24, 2.45) is 5.92 Å². The molecular weight excluding hydrogens is 312 g/mol. The van der Waals surface area contributed by atoms with Crippen molar-refractivity contribution in [3.05, 3.63) is 66.0 Å². The zero-order valence-electron chi connectivity index (χ0n) is 14.9. The first-order valence-electron chi connectivity index (χ1n) is 8.85. The van der Waals surface area contributed by atoms with Crippen molar-refractivity contribution in [2.75, 3.05) is 13.1 Å². The lowest BCUT2D eigenvalue weighted by Gasteiger charge is -2.20. The number of rotatable bonds is 5. The maximum atomic E-state index is 12.3. The number of carbonyl (C=O) groups excluding carboxylic acids is 1.